The summed E-state index contributed by atoms with van der Waals surface area (Å²) < 4.78 is 16.3. The standard InChI is InChI=1S/C23H28N4O6/c1-5-32-20-12-16(13-24-27-23(30)22(29)25-15(2)3)6-11-19(20)33-14-21(28)26-17-7-9-18(31-4)10-8-17/h6-13,15H,5,14H2,1-4H3,(H,25,29)(H,26,28)(H,27,30)/b24-13-. The van der Waals surface area contributed by atoms with E-state index < -0.39 is 11.8 Å². The molecule has 176 valence electrons. The van der Waals surface area contributed by atoms with Crippen LogP contribution in [-0.2, 0) is 14.4 Å². The Bertz CT molecular complexity index is 989. The summed E-state index contributed by atoms with van der Waals surface area (Å²) in [7, 11) is 1.57. The van der Waals surface area contributed by atoms with Crippen LogP contribution < -0.4 is 30.3 Å². The summed E-state index contributed by atoms with van der Waals surface area (Å²) in [5.41, 5.74) is 3.37. The zero-order valence-electron chi connectivity index (χ0n) is 19.0. The smallest absolute Gasteiger partial charge is 0.329 e. The molecule has 0 saturated heterocycles. The summed E-state index contributed by atoms with van der Waals surface area (Å²) in [5.74, 6) is -0.508. The lowest BCUT2D eigenvalue weighted by atomic mass is 10.2. The van der Waals surface area contributed by atoms with Crippen LogP contribution in [0.25, 0.3) is 0 Å². The highest BCUT2D eigenvalue weighted by Gasteiger charge is 2.13. The molecule has 2 aromatic carbocycles. The predicted molar refractivity (Wildman–Crippen MR) is 124 cm³/mol. The zero-order valence-corrected chi connectivity index (χ0v) is 19.0. The van der Waals surface area contributed by atoms with E-state index >= 15 is 0 Å². The number of benzene rings is 2. The molecule has 0 aromatic heterocycles. The van der Waals surface area contributed by atoms with Crippen LogP contribution in [0.1, 0.15) is 26.3 Å². The topological polar surface area (TPSA) is 127 Å². The van der Waals surface area contributed by atoms with E-state index in [1.54, 1.807) is 63.4 Å². The van der Waals surface area contributed by atoms with Crippen LogP contribution >= 0.6 is 0 Å². The Morgan fingerprint density at radius 3 is 2.36 bits per heavy atom. The molecule has 0 spiro atoms. The first-order chi connectivity index (χ1) is 15.8. The second kappa shape index (κ2) is 12.7. The Morgan fingerprint density at radius 2 is 1.73 bits per heavy atom. The average Bonchev–Trinajstić information content (AvgIpc) is 2.78. The van der Waals surface area contributed by atoms with E-state index in [9.17, 15) is 14.4 Å². The summed E-state index contributed by atoms with van der Waals surface area (Å²) in [6.45, 7) is 5.46. The third-order valence-electron chi connectivity index (χ3n) is 4.01. The van der Waals surface area contributed by atoms with Crippen molar-refractivity contribution in [3.05, 3.63) is 48.0 Å². The van der Waals surface area contributed by atoms with Crippen LogP contribution in [0.5, 0.6) is 17.2 Å². The highest BCUT2D eigenvalue weighted by atomic mass is 16.5. The quantitative estimate of drug-likeness (QED) is 0.285. The van der Waals surface area contributed by atoms with Gasteiger partial charge in [0.15, 0.2) is 18.1 Å². The van der Waals surface area contributed by atoms with Gasteiger partial charge in [0.05, 0.1) is 19.9 Å². The molecule has 10 heteroatoms. The minimum atomic E-state index is -0.868. The van der Waals surface area contributed by atoms with Crippen molar-refractivity contribution in [2.24, 2.45) is 5.10 Å². The van der Waals surface area contributed by atoms with E-state index in [-0.39, 0.29) is 18.6 Å². The molecule has 0 aliphatic rings. The molecule has 2 aromatic rings. The number of hydrazone groups is 1. The first kappa shape index (κ1) is 25.2. The second-order valence-electron chi connectivity index (χ2n) is 7.03. The molecule has 0 atom stereocenters. The molecule has 33 heavy (non-hydrogen) atoms. The fourth-order valence-corrected chi connectivity index (χ4v) is 2.55. The van der Waals surface area contributed by atoms with Gasteiger partial charge in [-0.1, -0.05) is 0 Å². The summed E-state index contributed by atoms with van der Waals surface area (Å²) in [6, 6.07) is 11.7. The summed E-state index contributed by atoms with van der Waals surface area (Å²) in [5, 5.41) is 8.98. The Balaban J connectivity index is 1.95. The van der Waals surface area contributed by atoms with Crippen molar-refractivity contribution in [2.45, 2.75) is 26.8 Å². The van der Waals surface area contributed by atoms with Gasteiger partial charge < -0.3 is 24.8 Å². The number of carbonyl (C=O) groups excluding carboxylic acids is 3. The molecule has 2 rings (SSSR count). The van der Waals surface area contributed by atoms with Gasteiger partial charge in [-0.25, -0.2) is 5.43 Å². The maximum atomic E-state index is 12.2. The Labute approximate surface area is 192 Å². The molecular formula is C23H28N4O6. The van der Waals surface area contributed by atoms with Gasteiger partial charge in [0.25, 0.3) is 5.91 Å². The number of anilines is 1. The van der Waals surface area contributed by atoms with E-state index in [4.69, 9.17) is 14.2 Å². The number of rotatable bonds is 10. The van der Waals surface area contributed by atoms with Crippen molar-refractivity contribution < 1.29 is 28.6 Å². The van der Waals surface area contributed by atoms with Crippen molar-refractivity contribution in [3.8, 4) is 17.2 Å². The van der Waals surface area contributed by atoms with E-state index in [1.165, 1.54) is 6.21 Å². The zero-order chi connectivity index (χ0) is 24.2. The van der Waals surface area contributed by atoms with Crippen LogP contribution in [0.3, 0.4) is 0 Å². The normalized spacial score (nSPS) is 10.6. The maximum Gasteiger partial charge on any atom is 0.329 e. The van der Waals surface area contributed by atoms with E-state index in [2.05, 4.69) is 21.2 Å². The molecule has 0 radical (unpaired) electrons. The summed E-state index contributed by atoms with van der Waals surface area (Å²) in [4.78, 5) is 35.5. The van der Waals surface area contributed by atoms with Crippen LogP contribution in [0.4, 0.5) is 5.69 Å². The van der Waals surface area contributed by atoms with Gasteiger partial charge in [0.1, 0.15) is 5.75 Å². The lowest BCUT2D eigenvalue weighted by molar-refractivity contribution is -0.139. The number of nitrogens with one attached hydrogen (secondary N) is 3. The monoisotopic (exact) mass is 456 g/mol. The maximum absolute atomic E-state index is 12.2. The molecule has 0 heterocycles. The van der Waals surface area contributed by atoms with Gasteiger partial charge in [-0.2, -0.15) is 5.10 Å². The number of hydrogen-bond donors (Lipinski definition) is 3. The lowest BCUT2D eigenvalue weighted by Gasteiger charge is -2.13. The SMILES string of the molecule is CCOc1cc(/C=N\NC(=O)C(=O)NC(C)C)ccc1OCC(=O)Nc1ccc(OC)cc1. The third-order valence-corrected chi connectivity index (χ3v) is 4.01. The molecule has 3 N–H and O–H groups in total. The van der Waals surface area contributed by atoms with Gasteiger partial charge in [-0.3, -0.25) is 14.4 Å². The number of amides is 3. The predicted octanol–water partition coefficient (Wildman–Crippen LogP) is 2.09. The minimum absolute atomic E-state index is 0.160. The van der Waals surface area contributed by atoms with Crippen LogP contribution in [-0.4, -0.2) is 50.3 Å². The van der Waals surface area contributed by atoms with Gasteiger partial charge in [0, 0.05) is 11.7 Å². The van der Waals surface area contributed by atoms with Crippen molar-refractivity contribution in [2.75, 3.05) is 25.6 Å². The van der Waals surface area contributed by atoms with E-state index in [0.717, 1.165) is 0 Å². The number of carbonyl (C=O) groups is 3. The van der Waals surface area contributed by atoms with E-state index in [0.29, 0.717) is 35.1 Å². The molecule has 0 saturated carbocycles. The fourth-order valence-electron chi connectivity index (χ4n) is 2.55. The first-order valence-electron chi connectivity index (χ1n) is 10.3. The summed E-state index contributed by atoms with van der Waals surface area (Å²) >= 11 is 0. The van der Waals surface area contributed by atoms with Crippen molar-refractivity contribution >= 4 is 29.6 Å². The third kappa shape index (κ3) is 8.52. The van der Waals surface area contributed by atoms with Crippen molar-refractivity contribution in [1.29, 1.82) is 0 Å². The number of methoxy groups -OCH3 is 1. The van der Waals surface area contributed by atoms with Gasteiger partial charge >= 0.3 is 11.8 Å². The minimum Gasteiger partial charge on any atom is -0.497 e. The number of hydrogen-bond acceptors (Lipinski definition) is 7. The number of nitrogens with zero attached hydrogens (tertiary/aromatic N) is 1. The van der Waals surface area contributed by atoms with Gasteiger partial charge in [-0.15, -0.1) is 0 Å². The molecule has 0 fully saturated rings. The van der Waals surface area contributed by atoms with Crippen molar-refractivity contribution in [1.82, 2.24) is 10.7 Å². The van der Waals surface area contributed by atoms with E-state index in [1.807, 2.05) is 6.92 Å². The summed E-state index contributed by atoms with van der Waals surface area (Å²) in [6.07, 6.45) is 1.36. The second-order valence-corrected chi connectivity index (χ2v) is 7.03. The highest BCUT2D eigenvalue weighted by molar-refractivity contribution is 6.35. The number of ether oxygens (including phenoxy) is 3. The Morgan fingerprint density at radius 1 is 1.00 bits per heavy atom. The molecule has 0 unspecified atom stereocenters. The molecule has 0 aliphatic carbocycles. The van der Waals surface area contributed by atoms with Crippen LogP contribution in [0, 0.1) is 0 Å². The average molecular weight is 456 g/mol. The molecular weight excluding hydrogens is 428 g/mol. The largest absolute Gasteiger partial charge is 0.497 e. The Hall–Kier alpha value is -4.08. The molecule has 0 aliphatic heterocycles. The molecule has 0 bridgehead atoms. The first-order valence-corrected chi connectivity index (χ1v) is 10.3. The van der Waals surface area contributed by atoms with Crippen LogP contribution in [0.15, 0.2) is 47.6 Å². The Kier molecular flexibility index (Phi) is 9.69. The van der Waals surface area contributed by atoms with Gasteiger partial charge in [0.2, 0.25) is 0 Å². The highest BCUT2D eigenvalue weighted by Crippen LogP contribution is 2.28. The molecule has 3 amide bonds. The lowest BCUT2D eigenvalue weighted by Crippen LogP contribution is -2.41. The van der Waals surface area contributed by atoms with Crippen LogP contribution in [0.2, 0.25) is 0 Å². The fraction of sp³-hybridized carbons (Fsp3) is 0.304. The van der Waals surface area contributed by atoms with Gasteiger partial charge in [-0.05, 0) is 68.8 Å². The molecule has 10 nitrogen and oxygen atoms in total. The van der Waals surface area contributed by atoms with Crippen molar-refractivity contribution in [3.63, 3.8) is 0 Å².